The molecule has 2 aliphatic rings. The standard InChI is InChI=1S/C16H30O/c1-12-7-8-14(11-13(12)2)16(17)10-6-5-9-15(16,3)4/h12-14,17H,5-11H2,1-4H3. The highest BCUT2D eigenvalue weighted by molar-refractivity contribution is 5.02. The Morgan fingerprint density at radius 3 is 2.18 bits per heavy atom. The van der Waals surface area contributed by atoms with E-state index >= 15 is 0 Å². The number of hydrogen-bond acceptors (Lipinski definition) is 1. The Kier molecular flexibility index (Phi) is 3.60. The lowest BCUT2D eigenvalue weighted by Gasteiger charge is -2.53. The average molecular weight is 238 g/mol. The number of rotatable bonds is 1. The Morgan fingerprint density at radius 2 is 1.59 bits per heavy atom. The van der Waals surface area contributed by atoms with Gasteiger partial charge in [0.25, 0.3) is 0 Å². The third-order valence-electron chi connectivity index (χ3n) is 6.06. The Bertz CT molecular complexity index is 271. The third-order valence-corrected chi connectivity index (χ3v) is 6.06. The Hall–Kier alpha value is -0.0400. The van der Waals surface area contributed by atoms with Gasteiger partial charge in [0.1, 0.15) is 0 Å². The van der Waals surface area contributed by atoms with Crippen molar-refractivity contribution in [3.05, 3.63) is 0 Å². The molecular formula is C16H30O. The van der Waals surface area contributed by atoms with Gasteiger partial charge in [0.15, 0.2) is 0 Å². The second kappa shape index (κ2) is 4.57. The van der Waals surface area contributed by atoms with Crippen LogP contribution >= 0.6 is 0 Å². The van der Waals surface area contributed by atoms with E-state index in [1.807, 2.05) is 0 Å². The van der Waals surface area contributed by atoms with E-state index in [0.29, 0.717) is 5.92 Å². The molecule has 1 N–H and O–H groups in total. The minimum Gasteiger partial charge on any atom is -0.389 e. The predicted octanol–water partition coefficient (Wildman–Crippen LogP) is 4.39. The highest BCUT2D eigenvalue weighted by Crippen LogP contribution is 2.52. The molecule has 1 heteroatoms. The Morgan fingerprint density at radius 1 is 0.941 bits per heavy atom. The van der Waals surface area contributed by atoms with Gasteiger partial charge in [-0.1, -0.05) is 47.0 Å². The molecule has 0 aromatic heterocycles. The van der Waals surface area contributed by atoms with Crippen LogP contribution in [0.15, 0.2) is 0 Å². The van der Waals surface area contributed by atoms with Gasteiger partial charge in [-0.25, -0.2) is 0 Å². The SMILES string of the molecule is CC1CCC(C2(O)CCCCC2(C)C)CC1C. The summed E-state index contributed by atoms with van der Waals surface area (Å²) < 4.78 is 0. The summed E-state index contributed by atoms with van der Waals surface area (Å²) >= 11 is 0. The molecule has 0 aromatic rings. The first kappa shape index (κ1) is 13.4. The topological polar surface area (TPSA) is 20.2 Å². The van der Waals surface area contributed by atoms with Crippen molar-refractivity contribution in [3.8, 4) is 0 Å². The van der Waals surface area contributed by atoms with Gasteiger partial charge < -0.3 is 5.11 Å². The predicted molar refractivity (Wildman–Crippen MR) is 72.9 cm³/mol. The van der Waals surface area contributed by atoms with E-state index in [1.54, 1.807) is 0 Å². The summed E-state index contributed by atoms with van der Waals surface area (Å²) in [5.74, 6) is 2.18. The molecule has 0 amide bonds. The highest BCUT2D eigenvalue weighted by Gasteiger charge is 2.51. The van der Waals surface area contributed by atoms with E-state index in [9.17, 15) is 5.11 Å². The van der Waals surface area contributed by atoms with Crippen LogP contribution in [-0.2, 0) is 0 Å². The van der Waals surface area contributed by atoms with Crippen molar-refractivity contribution in [3.63, 3.8) is 0 Å². The monoisotopic (exact) mass is 238 g/mol. The van der Waals surface area contributed by atoms with Crippen LogP contribution in [-0.4, -0.2) is 10.7 Å². The lowest BCUT2D eigenvalue weighted by atomic mass is 9.56. The zero-order valence-corrected chi connectivity index (χ0v) is 12.1. The summed E-state index contributed by atoms with van der Waals surface area (Å²) in [6.07, 6.45) is 8.54. The molecule has 17 heavy (non-hydrogen) atoms. The summed E-state index contributed by atoms with van der Waals surface area (Å²) in [5, 5.41) is 11.2. The van der Waals surface area contributed by atoms with Gasteiger partial charge in [0.2, 0.25) is 0 Å². The molecule has 4 unspecified atom stereocenters. The second-order valence-corrected chi connectivity index (χ2v) is 7.48. The van der Waals surface area contributed by atoms with Crippen LogP contribution in [0.1, 0.15) is 72.6 Å². The molecule has 0 heterocycles. The molecule has 2 rings (SSSR count). The fourth-order valence-electron chi connectivity index (χ4n) is 4.25. The molecule has 1 nitrogen and oxygen atoms in total. The first-order chi connectivity index (χ1) is 7.87. The molecule has 0 spiro atoms. The quantitative estimate of drug-likeness (QED) is 0.718. The van der Waals surface area contributed by atoms with E-state index in [-0.39, 0.29) is 11.0 Å². The number of hydrogen-bond donors (Lipinski definition) is 1. The van der Waals surface area contributed by atoms with Crippen molar-refractivity contribution in [2.75, 3.05) is 0 Å². The molecular weight excluding hydrogens is 208 g/mol. The fraction of sp³-hybridized carbons (Fsp3) is 1.00. The van der Waals surface area contributed by atoms with Crippen molar-refractivity contribution >= 4 is 0 Å². The first-order valence-corrected chi connectivity index (χ1v) is 7.59. The summed E-state index contributed by atoms with van der Waals surface area (Å²) in [4.78, 5) is 0. The van der Waals surface area contributed by atoms with E-state index < -0.39 is 0 Å². The lowest BCUT2D eigenvalue weighted by Crippen LogP contribution is -2.54. The molecule has 0 aromatic carbocycles. The number of aliphatic hydroxyl groups is 1. The lowest BCUT2D eigenvalue weighted by molar-refractivity contribution is -0.152. The van der Waals surface area contributed by atoms with E-state index in [1.165, 1.54) is 38.5 Å². The smallest absolute Gasteiger partial charge is 0.0726 e. The largest absolute Gasteiger partial charge is 0.389 e. The van der Waals surface area contributed by atoms with Crippen LogP contribution in [0.5, 0.6) is 0 Å². The normalized spacial score (nSPS) is 46.8. The van der Waals surface area contributed by atoms with Crippen LogP contribution in [0.25, 0.3) is 0 Å². The van der Waals surface area contributed by atoms with Crippen LogP contribution in [0.2, 0.25) is 0 Å². The molecule has 2 fully saturated rings. The van der Waals surface area contributed by atoms with Gasteiger partial charge in [-0.3, -0.25) is 0 Å². The van der Waals surface area contributed by atoms with Crippen LogP contribution in [0, 0.1) is 23.2 Å². The molecule has 0 saturated heterocycles. The molecule has 4 atom stereocenters. The first-order valence-electron chi connectivity index (χ1n) is 7.59. The Labute approximate surface area is 107 Å². The summed E-state index contributed by atoms with van der Waals surface area (Å²) in [6, 6.07) is 0. The molecule has 2 saturated carbocycles. The van der Waals surface area contributed by atoms with Gasteiger partial charge in [-0.05, 0) is 48.9 Å². The van der Waals surface area contributed by atoms with Crippen molar-refractivity contribution in [1.29, 1.82) is 0 Å². The summed E-state index contributed by atoms with van der Waals surface area (Å²) in [6.45, 7) is 9.32. The van der Waals surface area contributed by atoms with Crippen molar-refractivity contribution in [2.24, 2.45) is 23.2 Å². The van der Waals surface area contributed by atoms with Gasteiger partial charge in [-0.15, -0.1) is 0 Å². The molecule has 0 bridgehead atoms. The zero-order chi connectivity index (χ0) is 12.7. The Balaban J connectivity index is 2.14. The van der Waals surface area contributed by atoms with E-state index in [4.69, 9.17) is 0 Å². The highest BCUT2D eigenvalue weighted by atomic mass is 16.3. The second-order valence-electron chi connectivity index (χ2n) is 7.48. The fourth-order valence-corrected chi connectivity index (χ4v) is 4.25. The third kappa shape index (κ3) is 2.28. The average Bonchev–Trinajstić information content (AvgIpc) is 2.26. The molecule has 2 aliphatic carbocycles. The summed E-state index contributed by atoms with van der Waals surface area (Å²) in [5.41, 5.74) is -0.268. The maximum absolute atomic E-state index is 11.2. The molecule has 0 aliphatic heterocycles. The van der Waals surface area contributed by atoms with Crippen molar-refractivity contribution in [2.45, 2.75) is 78.2 Å². The van der Waals surface area contributed by atoms with Crippen molar-refractivity contribution in [1.82, 2.24) is 0 Å². The van der Waals surface area contributed by atoms with Gasteiger partial charge in [0.05, 0.1) is 5.60 Å². The maximum atomic E-state index is 11.2. The van der Waals surface area contributed by atoms with Gasteiger partial charge in [0, 0.05) is 0 Å². The van der Waals surface area contributed by atoms with Crippen LogP contribution in [0.4, 0.5) is 0 Å². The van der Waals surface area contributed by atoms with Gasteiger partial charge >= 0.3 is 0 Å². The van der Waals surface area contributed by atoms with E-state index in [2.05, 4.69) is 27.7 Å². The van der Waals surface area contributed by atoms with E-state index in [0.717, 1.165) is 18.3 Å². The van der Waals surface area contributed by atoms with Crippen LogP contribution in [0.3, 0.4) is 0 Å². The minimum atomic E-state index is -0.389. The minimum absolute atomic E-state index is 0.121. The molecule has 0 radical (unpaired) electrons. The molecule has 100 valence electrons. The maximum Gasteiger partial charge on any atom is 0.0726 e. The summed E-state index contributed by atoms with van der Waals surface area (Å²) in [7, 11) is 0. The van der Waals surface area contributed by atoms with Crippen molar-refractivity contribution < 1.29 is 5.11 Å². The van der Waals surface area contributed by atoms with Crippen LogP contribution < -0.4 is 0 Å². The zero-order valence-electron chi connectivity index (χ0n) is 12.1. The van der Waals surface area contributed by atoms with Gasteiger partial charge in [-0.2, -0.15) is 0 Å².